The molecule has 6 unspecified atom stereocenters. The predicted octanol–water partition coefficient (Wildman–Crippen LogP) is 16.6. The van der Waals surface area contributed by atoms with Crippen molar-refractivity contribution < 1.29 is 58.2 Å². The van der Waals surface area contributed by atoms with E-state index in [0.29, 0.717) is 19.3 Å². The maximum atomic E-state index is 13.2. The molecule has 6 atom stereocenters. The van der Waals surface area contributed by atoms with E-state index in [1.165, 1.54) is 0 Å². The smallest absolute Gasteiger partial charge is 0.335 e. The Kier molecular flexibility index (Phi) is 50.5. The number of aliphatic hydroxyl groups excluding tert-OH is 2. The summed E-state index contributed by atoms with van der Waals surface area (Å²) in [6.07, 6.45) is 65.5. The van der Waals surface area contributed by atoms with Gasteiger partial charge in [0.05, 0.1) is 6.61 Å². The highest BCUT2D eigenvalue weighted by Gasteiger charge is 2.50. The number of esters is 3. The number of aliphatic carboxylic acids is 1. The zero-order chi connectivity index (χ0) is 58.9. The van der Waals surface area contributed by atoms with Gasteiger partial charge in [-0.25, -0.2) is 4.79 Å². The van der Waals surface area contributed by atoms with Gasteiger partial charge < -0.3 is 39.0 Å². The molecule has 0 aromatic carbocycles. The highest BCUT2D eigenvalue weighted by Crippen LogP contribution is 2.26. The topological polar surface area (TPSA) is 175 Å². The molecule has 1 heterocycles. The summed E-state index contributed by atoms with van der Waals surface area (Å²) in [5.74, 6) is -3.22. The maximum Gasteiger partial charge on any atom is 0.335 e. The van der Waals surface area contributed by atoms with Crippen LogP contribution in [0.1, 0.15) is 226 Å². The Morgan fingerprint density at radius 3 is 1.20 bits per heavy atom. The van der Waals surface area contributed by atoms with Crippen molar-refractivity contribution in [1.82, 2.24) is 0 Å². The van der Waals surface area contributed by atoms with Gasteiger partial charge in [-0.1, -0.05) is 212 Å². The molecule has 1 saturated heterocycles. The normalized spacial score (nSPS) is 18.7. The first-order chi connectivity index (χ1) is 39.6. The number of carbonyl (C=O) groups is 4. The fourth-order valence-electron chi connectivity index (χ4n) is 8.48. The monoisotopic (exact) mass is 1130 g/mol. The first kappa shape index (κ1) is 73.9. The molecule has 0 spiro atoms. The van der Waals surface area contributed by atoms with Crippen molar-refractivity contribution in [3.63, 3.8) is 0 Å². The van der Waals surface area contributed by atoms with E-state index in [9.17, 15) is 34.5 Å². The fraction of sp³-hybridized carbons (Fsp3) is 0.623. The number of unbranched alkanes of at least 4 members (excludes halogenated alkanes) is 15. The minimum atomic E-state index is -1.92. The van der Waals surface area contributed by atoms with Crippen LogP contribution in [-0.4, -0.2) is 89.2 Å². The third-order valence-electron chi connectivity index (χ3n) is 13.2. The van der Waals surface area contributed by atoms with Crippen molar-refractivity contribution in [2.75, 3.05) is 13.2 Å². The number of carbonyl (C=O) groups excluding carboxylic acids is 3. The first-order valence-corrected chi connectivity index (χ1v) is 31.2. The molecular formula is C69H108O12. The number of hydrogen-bond donors (Lipinski definition) is 3. The molecule has 0 amide bonds. The predicted molar refractivity (Wildman–Crippen MR) is 330 cm³/mol. The van der Waals surface area contributed by atoms with Gasteiger partial charge in [-0.15, -0.1) is 0 Å². The molecule has 0 aromatic heterocycles. The molecule has 1 aliphatic heterocycles. The molecule has 1 fully saturated rings. The van der Waals surface area contributed by atoms with Gasteiger partial charge in [0.15, 0.2) is 24.6 Å². The average Bonchev–Trinajstić information content (AvgIpc) is 3.45. The van der Waals surface area contributed by atoms with Crippen LogP contribution < -0.4 is 0 Å². The van der Waals surface area contributed by atoms with Crippen LogP contribution in [0.4, 0.5) is 0 Å². The summed E-state index contributed by atoms with van der Waals surface area (Å²) in [5.41, 5.74) is 0. The minimum Gasteiger partial charge on any atom is -0.479 e. The van der Waals surface area contributed by atoms with E-state index >= 15 is 0 Å². The lowest BCUT2D eigenvalue weighted by molar-refractivity contribution is -0.301. The van der Waals surface area contributed by atoms with Crippen LogP contribution in [0.2, 0.25) is 0 Å². The number of ether oxygens (including phenoxy) is 5. The molecule has 1 aliphatic rings. The summed E-state index contributed by atoms with van der Waals surface area (Å²) in [6.45, 7) is 5.65. The van der Waals surface area contributed by atoms with E-state index in [2.05, 4.69) is 154 Å². The molecule has 3 N–H and O–H groups in total. The first-order valence-electron chi connectivity index (χ1n) is 31.2. The summed E-state index contributed by atoms with van der Waals surface area (Å²) in [4.78, 5) is 51.3. The Balaban J connectivity index is 2.70. The Hall–Kier alpha value is -5.14. The van der Waals surface area contributed by atoms with Crippen LogP contribution in [0, 0.1) is 0 Å². The lowest BCUT2D eigenvalue weighted by Gasteiger charge is -2.40. The molecular weight excluding hydrogens is 1020 g/mol. The summed E-state index contributed by atoms with van der Waals surface area (Å²) >= 11 is 0. The van der Waals surface area contributed by atoms with Crippen LogP contribution in [0.5, 0.6) is 0 Å². The van der Waals surface area contributed by atoms with Gasteiger partial charge in [0.1, 0.15) is 18.8 Å². The largest absolute Gasteiger partial charge is 0.479 e. The van der Waals surface area contributed by atoms with Gasteiger partial charge in [-0.05, 0) is 128 Å². The summed E-state index contributed by atoms with van der Waals surface area (Å²) in [5, 5.41) is 31.6. The molecule has 0 aromatic rings. The lowest BCUT2D eigenvalue weighted by atomic mass is 9.98. The van der Waals surface area contributed by atoms with Crippen molar-refractivity contribution in [3.8, 4) is 0 Å². The van der Waals surface area contributed by atoms with E-state index in [4.69, 9.17) is 23.7 Å². The molecule has 12 nitrogen and oxygen atoms in total. The second-order valence-electron chi connectivity index (χ2n) is 20.6. The molecule has 1 rings (SSSR count). The molecule has 0 aliphatic carbocycles. The van der Waals surface area contributed by atoms with Crippen molar-refractivity contribution in [2.45, 2.75) is 263 Å². The molecule has 12 heteroatoms. The third kappa shape index (κ3) is 45.1. The Labute approximate surface area is 490 Å². The molecule has 0 saturated carbocycles. The number of carboxylic acids is 1. The number of hydrogen-bond acceptors (Lipinski definition) is 11. The summed E-state index contributed by atoms with van der Waals surface area (Å²) < 4.78 is 28.4. The number of allylic oxidation sites excluding steroid dienone is 22. The van der Waals surface area contributed by atoms with Gasteiger partial charge >= 0.3 is 23.9 Å². The van der Waals surface area contributed by atoms with Gasteiger partial charge in [0.2, 0.25) is 0 Å². The lowest BCUT2D eigenvalue weighted by Crippen LogP contribution is -2.61. The van der Waals surface area contributed by atoms with E-state index < -0.39 is 67.3 Å². The Morgan fingerprint density at radius 2 is 0.778 bits per heavy atom. The van der Waals surface area contributed by atoms with Crippen LogP contribution in [-0.2, 0) is 42.9 Å². The summed E-state index contributed by atoms with van der Waals surface area (Å²) in [6, 6.07) is 0. The third-order valence-corrected chi connectivity index (χ3v) is 13.2. The molecule has 0 radical (unpaired) electrons. The Morgan fingerprint density at radius 1 is 0.420 bits per heavy atom. The number of rotatable bonds is 51. The van der Waals surface area contributed by atoms with E-state index in [0.717, 1.165) is 167 Å². The standard InChI is InChI=1S/C69H108O12/c1-4-7-10-13-16-19-22-25-27-29-31-33-35-38-40-43-46-49-52-55-61(70)77-58-60(79-62(71)56-53-50-47-44-41-37-24-21-18-15-12-9-6-3)59-78-69-67(65(74)64(73)66(81-69)68(75)76)80-63(72)57-54-51-48-45-42-39-36-34-32-30-28-26-23-20-17-14-11-8-5-2/h7-8,10-12,15-17,19-21,24-28,31-34,38,40,60,64-67,69,73-74H,4-6,9,13-14,18,22-23,29-30,35-37,39,41-59H2,1-3H3,(H,75,76)/b10-7-,11-8-,15-12-,19-16-,20-17-,24-21-,27-25-,28-26-,33-31-,34-32-,40-38-. The zero-order valence-electron chi connectivity index (χ0n) is 50.2. The van der Waals surface area contributed by atoms with Crippen LogP contribution >= 0.6 is 0 Å². The maximum absolute atomic E-state index is 13.2. The second-order valence-corrected chi connectivity index (χ2v) is 20.6. The number of aliphatic hydroxyl groups is 2. The second kappa shape index (κ2) is 55.4. The number of carboxylic acid groups (broad SMARTS) is 1. The van der Waals surface area contributed by atoms with Gasteiger partial charge in [-0.3, -0.25) is 14.4 Å². The highest BCUT2D eigenvalue weighted by molar-refractivity contribution is 5.74. The van der Waals surface area contributed by atoms with Gasteiger partial charge in [0.25, 0.3) is 0 Å². The van der Waals surface area contributed by atoms with Crippen molar-refractivity contribution in [1.29, 1.82) is 0 Å². The minimum absolute atomic E-state index is 0.0317. The van der Waals surface area contributed by atoms with E-state index in [1.54, 1.807) is 0 Å². The van der Waals surface area contributed by atoms with Gasteiger partial charge in [0, 0.05) is 19.3 Å². The van der Waals surface area contributed by atoms with Crippen LogP contribution in [0.15, 0.2) is 134 Å². The average molecular weight is 1130 g/mol. The molecule has 0 bridgehead atoms. The molecule has 81 heavy (non-hydrogen) atoms. The van der Waals surface area contributed by atoms with E-state index in [1.807, 2.05) is 0 Å². The highest BCUT2D eigenvalue weighted by atomic mass is 16.7. The van der Waals surface area contributed by atoms with E-state index in [-0.39, 0.29) is 25.9 Å². The van der Waals surface area contributed by atoms with Crippen molar-refractivity contribution >= 4 is 23.9 Å². The van der Waals surface area contributed by atoms with Crippen LogP contribution in [0.25, 0.3) is 0 Å². The quantitative estimate of drug-likeness (QED) is 0.0228. The fourth-order valence-corrected chi connectivity index (χ4v) is 8.48. The van der Waals surface area contributed by atoms with Gasteiger partial charge in [-0.2, -0.15) is 0 Å². The summed E-state index contributed by atoms with van der Waals surface area (Å²) in [7, 11) is 0. The molecule has 456 valence electrons. The van der Waals surface area contributed by atoms with Crippen molar-refractivity contribution in [2.24, 2.45) is 0 Å². The SMILES string of the molecule is CC/C=C\C/C=C\C/C=C\C/C=C\C/C=C\CCCCCC(=O)OCC(COC1OC(C(=O)O)C(O)C(O)C1OC(=O)CCCCCCCC/C=C\C/C=C\C/C=C\C/C=C\CC)OC(=O)CCCCCCC/C=C\C/C=C\CCC. The zero-order valence-corrected chi connectivity index (χ0v) is 50.2. The Bertz CT molecular complexity index is 1920. The van der Waals surface area contributed by atoms with Crippen molar-refractivity contribution in [3.05, 3.63) is 134 Å². The van der Waals surface area contributed by atoms with Crippen LogP contribution in [0.3, 0.4) is 0 Å².